The SMILES string of the molecule is CC(C)(C)c1ccc(-n2cnc3cc(C(F)(F)F)cc(C(F)(F)F)c32)cc1. The number of alkyl halides is 6. The van der Waals surface area contributed by atoms with Crippen LogP contribution in [-0.2, 0) is 17.8 Å². The lowest BCUT2D eigenvalue weighted by Gasteiger charge is -2.19. The molecule has 0 atom stereocenters. The van der Waals surface area contributed by atoms with E-state index in [4.69, 9.17) is 0 Å². The lowest BCUT2D eigenvalue weighted by molar-refractivity contribution is -0.142. The molecule has 0 unspecified atom stereocenters. The van der Waals surface area contributed by atoms with Gasteiger partial charge in [-0.05, 0) is 35.2 Å². The number of hydrogen-bond donors (Lipinski definition) is 0. The van der Waals surface area contributed by atoms with Crippen molar-refractivity contribution in [3.63, 3.8) is 0 Å². The summed E-state index contributed by atoms with van der Waals surface area (Å²) in [6.07, 6.45) is -8.75. The van der Waals surface area contributed by atoms with Gasteiger partial charge in [-0.3, -0.25) is 4.57 Å². The summed E-state index contributed by atoms with van der Waals surface area (Å²) in [6.45, 7) is 5.99. The first kappa shape index (κ1) is 19.3. The highest BCUT2D eigenvalue weighted by Crippen LogP contribution is 2.40. The van der Waals surface area contributed by atoms with Gasteiger partial charge in [-0.1, -0.05) is 32.9 Å². The summed E-state index contributed by atoms with van der Waals surface area (Å²) < 4.78 is 80.5. The van der Waals surface area contributed by atoms with Gasteiger partial charge in [0.15, 0.2) is 0 Å². The molecule has 0 spiro atoms. The minimum absolute atomic E-state index is 0.129. The molecule has 0 radical (unpaired) electrons. The van der Waals surface area contributed by atoms with Crippen LogP contribution in [0.15, 0.2) is 42.7 Å². The molecule has 0 bridgehead atoms. The molecule has 2 nitrogen and oxygen atoms in total. The average Bonchev–Trinajstić information content (AvgIpc) is 2.95. The lowest BCUT2D eigenvalue weighted by atomic mass is 9.87. The van der Waals surface area contributed by atoms with Gasteiger partial charge < -0.3 is 0 Å². The maximum absolute atomic E-state index is 13.5. The second-order valence-electron chi connectivity index (χ2n) is 7.30. The Bertz CT molecular complexity index is 973. The summed E-state index contributed by atoms with van der Waals surface area (Å²) in [5.41, 5.74) is -2.30. The van der Waals surface area contributed by atoms with Gasteiger partial charge in [0, 0.05) is 5.69 Å². The first-order valence-corrected chi connectivity index (χ1v) is 8.05. The molecule has 8 heteroatoms. The Morgan fingerprint density at radius 1 is 0.778 bits per heavy atom. The zero-order valence-electron chi connectivity index (χ0n) is 14.7. The van der Waals surface area contributed by atoms with Crippen LogP contribution >= 0.6 is 0 Å². The highest BCUT2D eigenvalue weighted by molar-refractivity contribution is 5.82. The Labute approximate surface area is 151 Å². The largest absolute Gasteiger partial charge is 0.418 e. The van der Waals surface area contributed by atoms with Crippen molar-refractivity contribution < 1.29 is 26.3 Å². The van der Waals surface area contributed by atoms with E-state index in [-0.39, 0.29) is 17.0 Å². The van der Waals surface area contributed by atoms with Crippen LogP contribution in [0.1, 0.15) is 37.5 Å². The molecule has 1 heterocycles. The van der Waals surface area contributed by atoms with Gasteiger partial charge in [0.1, 0.15) is 6.33 Å². The van der Waals surface area contributed by atoms with Crippen LogP contribution in [0.25, 0.3) is 16.7 Å². The first-order chi connectivity index (χ1) is 12.3. The Morgan fingerprint density at radius 2 is 1.37 bits per heavy atom. The number of rotatable bonds is 1. The van der Waals surface area contributed by atoms with Crippen molar-refractivity contribution in [2.75, 3.05) is 0 Å². The van der Waals surface area contributed by atoms with Gasteiger partial charge in [-0.25, -0.2) is 4.98 Å². The molecule has 0 aliphatic rings. The third-order valence-electron chi connectivity index (χ3n) is 4.29. The maximum Gasteiger partial charge on any atom is 0.418 e. The van der Waals surface area contributed by atoms with Crippen molar-refractivity contribution in [1.82, 2.24) is 9.55 Å². The fraction of sp³-hybridized carbons (Fsp3) is 0.316. The highest BCUT2D eigenvalue weighted by Gasteiger charge is 2.39. The molecule has 0 fully saturated rings. The number of fused-ring (bicyclic) bond motifs is 1. The van der Waals surface area contributed by atoms with Gasteiger partial charge in [0.2, 0.25) is 0 Å². The van der Waals surface area contributed by atoms with Crippen molar-refractivity contribution in [2.24, 2.45) is 0 Å². The summed E-state index contributed by atoms with van der Waals surface area (Å²) in [7, 11) is 0. The molecule has 3 aromatic rings. The van der Waals surface area contributed by atoms with Crippen LogP contribution in [0.4, 0.5) is 26.3 Å². The van der Waals surface area contributed by atoms with Crippen LogP contribution in [0.2, 0.25) is 0 Å². The first-order valence-electron chi connectivity index (χ1n) is 8.05. The van der Waals surface area contributed by atoms with Crippen LogP contribution in [0.3, 0.4) is 0 Å². The molecule has 144 valence electrons. The van der Waals surface area contributed by atoms with Gasteiger partial charge >= 0.3 is 12.4 Å². The molecule has 0 saturated heterocycles. The van der Waals surface area contributed by atoms with Crippen LogP contribution in [0.5, 0.6) is 0 Å². The normalized spacial score (nSPS) is 13.4. The predicted octanol–water partition coefficient (Wildman–Crippen LogP) is 6.36. The van der Waals surface area contributed by atoms with Gasteiger partial charge in [-0.15, -0.1) is 0 Å². The molecule has 27 heavy (non-hydrogen) atoms. The fourth-order valence-electron chi connectivity index (χ4n) is 2.85. The van der Waals surface area contributed by atoms with E-state index < -0.39 is 29.0 Å². The minimum atomic E-state index is -4.96. The molecule has 0 N–H and O–H groups in total. The van der Waals surface area contributed by atoms with E-state index in [0.29, 0.717) is 11.8 Å². The number of imidazole rings is 1. The third kappa shape index (κ3) is 3.65. The second kappa shape index (κ2) is 6.00. The van der Waals surface area contributed by atoms with Crippen molar-refractivity contribution in [3.05, 3.63) is 59.4 Å². The van der Waals surface area contributed by atoms with Crippen molar-refractivity contribution in [2.45, 2.75) is 38.5 Å². The zero-order chi connectivity index (χ0) is 20.2. The molecule has 2 aromatic carbocycles. The Balaban J connectivity index is 2.24. The molecule has 0 aliphatic heterocycles. The standard InChI is InChI=1S/C19H16F6N2/c1-17(2,3)11-4-6-13(7-5-11)27-10-26-15-9-12(18(20,21)22)8-14(16(15)27)19(23,24)25/h4-10H,1-3H3. The minimum Gasteiger partial charge on any atom is -0.298 e. The predicted molar refractivity (Wildman–Crippen MR) is 89.8 cm³/mol. The Morgan fingerprint density at radius 3 is 1.85 bits per heavy atom. The van der Waals surface area contributed by atoms with E-state index in [2.05, 4.69) is 4.98 Å². The van der Waals surface area contributed by atoms with E-state index in [0.717, 1.165) is 16.5 Å². The van der Waals surface area contributed by atoms with Crippen LogP contribution < -0.4 is 0 Å². The molecular weight excluding hydrogens is 370 g/mol. The summed E-state index contributed by atoms with van der Waals surface area (Å²) in [6, 6.07) is 7.56. The Hall–Kier alpha value is -2.51. The number of halogens is 6. The monoisotopic (exact) mass is 386 g/mol. The van der Waals surface area contributed by atoms with E-state index in [9.17, 15) is 26.3 Å². The zero-order valence-corrected chi connectivity index (χ0v) is 14.7. The Kier molecular flexibility index (Phi) is 4.28. The van der Waals surface area contributed by atoms with E-state index in [1.54, 1.807) is 24.3 Å². The number of benzene rings is 2. The average molecular weight is 386 g/mol. The number of hydrogen-bond acceptors (Lipinski definition) is 1. The maximum atomic E-state index is 13.5. The smallest absolute Gasteiger partial charge is 0.298 e. The fourth-order valence-corrected chi connectivity index (χ4v) is 2.85. The molecule has 0 amide bonds. The molecule has 0 aliphatic carbocycles. The topological polar surface area (TPSA) is 17.8 Å². The van der Waals surface area contributed by atoms with Gasteiger partial charge in [0.25, 0.3) is 0 Å². The lowest BCUT2D eigenvalue weighted by Crippen LogP contribution is -2.13. The molecule has 3 rings (SSSR count). The van der Waals surface area contributed by atoms with E-state index in [1.165, 1.54) is 0 Å². The molecule has 1 aromatic heterocycles. The van der Waals surface area contributed by atoms with Crippen LogP contribution in [-0.4, -0.2) is 9.55 Å². The van der Waals surface area contributed by atoms with Gasteiger partial charge in [0.05, 0.1) is 22.2 Å². The number of aromatic nitrogens is 2. The summed E-state index contributed by atoms with van der Waals surface area (Å²) >= 11 is 0. The summed E-state index contributed by atoms with van der Waals surface area (Å²) in [4.78, 5) is 3.78. The van der Waals surface area contributed by atoms with E-state index in [1.807, 2.05) is 20.8 Å². The molecular formula is C19H16F6N2. The summed E-state index contributed by atoms with van der Waals surface area (Å²) in [5, 5.41) is 0. The second-order valence-corrected chi connectivity index (χ2v) is 7.30. The third-order valence-corrected chi connectivity index (χ3v) is 4.29. The van der Waals surface area contributed by atoms with Crippen molar-refractivity contribution in [1.29, 1.82) is 0 Å². The van der Waals surface area contributed by atoms with Gasteiger partial charge in [-0.2, -0.15) is 26.3 Å². The number of nitrogens with zero attached hydrogens (tertiary/aromatic N) is 2. The van der Waals surface area contributed by atoms with Crippen molar-refractivity contribution in [3.8, 4) is 5.69 Å². The van der Waals surface area contributed by atoms with Crippen molar-refractivity contribution >= 4 is 11.0 Å². The van der Waals surface area contributed by atoms with E-state index >= 15 is 0 Å². The summed E-state index contributed by atoms with van der Waals surface area (Å²) in [5.74, 6) is 0. The van der Waals surface area contributed by atoms with Crippen LogP contribution in [0, 0.1) is 0 Å². The highest BCUT2D eigenvalue weighted by atomic mass is 19.4. The molecule has 0 saturated carbocycles. The quantitative estimate of drug-likeness (QED) is 0.445.